The number of hydrogen-bond acceptors (Lipinski definition) is 5. The molecule has 5 nitrogen and oxygen atoms in total. The molecule has 0 amide bonds. The van der Waals surface area contributed by atoms with Gasteiger partial charge in [-0.15, -0.1) is 0 Å². The number of ether oxygens (including phenoxy) is 1. The predicted octanol–water partition coefficient (Wildman–Crippen LogP) is -3.72. The minimum absolute atomic E-state index is 0. The molecule has 12 heavy (non-hydrogen) atoms. The zero-order chi connectivity index (χ0) is 9.12. The number of rotatable bonds is 4. The van der Waals surface area contributed by atoms with Gasteiger partial charge in [-0.2, -0.15) is 0 Å². The Morgan fingerprint density at radius 3 is 2.25 bits per heavy atom. The van der Waals surface area contributed by atoms with Crippen LogP contribution in [0.25, 0.3) is 0 Å². The zero-order valence-electron chi connectivity index (χ0n) is 7.40. The minimum atomic E-state index is -4.69. The van der Waals surface area contributed by atoms with E-state index in [-0.39, 0.29) is 36.2 Å². The van der Waals surface area contributed by atoms with E-state index in [9.17, 15) is 13.0 Å². The van der Waals surface area contributed by atoms with Crippen LogP contribution in [0.1, 0.15) is 13.8 Å². The molecule has 7 heteroatoms. The average molecular weight is 206 g/mol. The second-order valence-electron chi connectivity index (χ2n) is 2.27. The topological polar surface area (TPSA) is 86.7 Å². The second-order valence-corrected chi connectivity index (χ2v) is 4.05. The van der Waals surface area contributed by atoms with Crippen LogP contribution in [0.5, 0.6) is 0 Å². The molecule has 0 spiro atoms. The summed E-state index contributed by atoms with van der Waals surface area (Å²) in [4.78, 5) is -2.32. The van der Waals surface area contributed by atoms with Crippen molar-refractivity contribution >= 4 is 10.1 Å². The summed E-state index contributed by atoms with van der Waals surface area (Å²) in [5, 5.41) is 8.96. The van der Waals surface area contributed by atoms with Crippen molar-refractivity contribution in [1.29, 1.82) is 0 Å². The Morgan fingerprint density at radius 2 is 2.00 bits per heavy atom. The van der Waals surface area contributed by atoms with Crippen molar-refractivity contribution in [3.05, 3.63) is 0 Å². The fraction of sp³-hybridized carbons (Fsp3) is 1.00. The van der Waals surface area contributed by atoms with E-state index in [4.69, 9.17) is 5.11 Å². The van der Waals surface area contributed by atoms with Crippen molar-refractivity contribution in [3.8, 4) is 0 Å². The third-order valence-corrected chi connectivity index (χ3v) is 2.31. The summed E-state index contributed by atoms with van der Waals surface area (Å²) in [7, 11) is -4.69. The van der Waals surface area contributed by atoms with Crippen LogP contribution in [0.3, 0.4) is 0 Å². The molecule has 1 unspecified atom stereocenters. The first-order chi connectivity index (χ1) is 4.81. The van der Waals surface area contributed by atoms with Crippen LogP contribution in [0, 0.1) is 0 Å². The Hall–Kier alpha value is 0.830. The van der Waals surface area contributed by atoms with Crippen molar-refractivity contribution in [2.24, 2.45) is 0 Å². The Morgan fingerprint density at radius 1 is 1.58 bits per heavy atom. The Kier molecular flexibility index (Phi) is 7.06. The van der Waals surface area contributed by atoms with E-state index < -0.39 is 21.7 Å². The molecule has 0 aromatic carbocycles. The van der Waals surface area contributed by atoms with Gasteiger partial charge in [0.2, 0.25) is 0 Å². The first kappa shape index (κ1) is 15.3. The molecule has 0 aliphatic rings. The minimum Gasteiger partial charge on any atom is -0.746 e. The van der Waals surface area contributed by atoms with Crippen LogP contribution >= 0.6 is 0 Å². The van der Waals surface area contributed by atoms with Crippen LogP contribution in [-0.2, 0) is 14.9 Å². The first-order valence-electron chi connectivity index (χ1n) is 3.07. The van der Waals surface area contributed by atoms with Crippen LogP contribution in [-0.4, -0.2) is 36.2 Å². The zero-order valence-corrected chi connectivity index (χ0v) is 10.2. The molecule has 0 aromatic rings. The molecule has 0 saturated heterocycles. The summed E-state index contributed by atoms with van der Waals surface area (Å²) in [5.74, 6) is 0. The fourth-order valence-electron chi connectivity index (χ4n) is 0.364. The summed E-state index contributed by atoms with van der Waals surface area (Å²) >= 11 is 0. The molecule has 0 bridgehead atoms. The van der Waals surface area contributed by atoms with E-state index >= 15 is 0 Å². The third kappa shape index (κ3) is 4.76. The predicted molar refractivity (Wildman–Crippen MR) is 36.8 cm³/mol. The smallest absolute Gasteiger partial charge is 0.746 e. The summed E-state index contributed by atoms with van der Waals surface area (Å²) < 4.78 is 35.4. The van der Waals surface area contributed by atoms with Crippen molar-refractivity contribution in [1.82, 2.24) is 0 Å². The molecule has 0 saturated carbocycles. The van der Waals surface area contributed by atoms with Gasteiger partial charge in [-0.25, -0.2) is 8.42 Å². The Balaban J connectivity index is 0. The van der Waals surface area contributed by atoms with Crippen molar-refractivity contribution in [3.63, 3.8) is 0 Å². The standard InChI is InChI=1S/C5H12O5S.Na/c1-3-10-4-5(2,6)11(7,8)9;/h6H,3-4H2,1-2H3,(H,7,8,9);/q;+1/p-1. The maximum atomic E-state index is 10.3. The van der Waals surface area contributed by atoms with Gasteiger partial charge < -0.3 is 14.4 Å². The van der Waals surface area contributed by atoms with Gasteiger partial charge in [0.25, 0.3) is 0 Å². The normalized spacial score (nSPS) is 16.3. The molecule has 0 radical (unpaired) electrons. The fourth-order valence-corrected chi connectivity index (χ4v) is 0.591. The van der Waals surface area contributed by atoms with Gasteiger partial charge >= 0.3 is 29.6 Å². The summed E-state index contributed by atoms with van der Waals surface area (Å²) in [5.41, 5.74) is 0. The van der Waals surface area contributed by atoms with Gasteiger partial charge in [0.05, 0.1) is 6.61 Å². The molecule has 0 aliphatic carbocycles. The molecule has 1 N–H and O–H groups in total. The van der Waals surface area contributed by atoms with Crippen molar-refractivity contribution in [2.45, 2.75) is 18.8 Å². The SMILES string of the molecule is CCOCC(C)(O)S(=O)(=O)[O-].[Na+]. The summed E-state index contributed by atoms with van der Waals surface area (Å²) in [6.07, 6.45) is 0. The van der Waals surface area contributed by atoms with Gasteiger partial charge in [0.1, 0.15) is 10.1 Å². The number of hydrogen-bond donors (Lipinski definition) is 1. The van der Waals surface area contributed by atoms with Gasteiger partial charge in [0.15, 0.2) is 4.93 Å². The Bertz CT molecular complexity index is 210. The largest absolute Gasteiger partial charge is 1.00 e. The molecule has 0 heterocycles. The first-order valence-corrected chi connectivity index (χ1v) is 4.47. The molecular weight excluding hydrogens is 195 g/mol. The van der Waals surface area contributed by atoms with E-state index in [1.165, 1.54) is 0 Å². The van der Waals surface area contributed by atoms with E-state index in [0.29, 0.717) is 0 Å². The monoisotopic (exact) mass is 206 g/mol. The van der Waals surface area contributed by atoms with Crippen LogP contribution in [0.4, 0.5) is 0 Å². The average Bonchev–Trinajstić information content (AvgIpc) is 1.81. The van der Waals surface area contributed by atoms with Gasteiger partial charge in [0, 0.05) is 6.61 Å². The van der Waals surface area contributed by atoms with Crippen LogP contribution in [0.15, 0.2) is 0 Å². The van der Waals surface area contributed by atoms with E-state index in [1.54, 1.807) is 6.92 Å². The van der Waals surface area contributed by atoms with E-state index in [2.05, 4.69) is 4.74 Å². The number of aliphatic hydroxyl groups is 1. The molecule has 0 aromatic heterocycles. The van der Waals surface area contributed by atoms with E-state index in [0.717, 1.165) is 6.92 Å². The molecule has 0 rings (SSSR count). The maximum absolute atomic E-state index is 10.3. The van der Waals surface area contributed by atoms with E-state index in [1.807, 2.05) is 0 Å². The quantitative estimate of drug-likeness (QED) is 0.377. The maximum Gasteiger partial charge on any atom is 1.00 e. The second kappa shape index (κ2) is 5.54. The molecule has 68 valence electrons. The van der Waals surface area contributed by atoms with Crippen LogP contribution < -0.4 is 29.6 Å². The summed E-state index contributed by atoms with van der Waals surface area (Å²) in [6.45, 7) is 2.31. The third-order valence-electron chi connectivity index (χ3n) is 1.11. The van der Waals surface area contributed by atoms with Crippen LogP contribution in [0.2, 0.25) is 0 Å². The molecule has 0 fully saturated rings. The molecular formula is C5H11NaO5S. The molecule has 1 atom stereocenters. The molecule has 0 aliphatic heterocycles. The Labute approximate surface area is 94.1 Å². The van der Waals surface area contributed by atoms with Gasteiger partial charge in [-0.3, -0.25) is 0 Å². The van der Waals surface area contributed by atoms with Crippen molar-refractivity contribution in [2.75, 3.05) is 13.2 Å². The van der Waals surface area contributed by atoms with Gasteiger partial charge in [-0.1, -0.05) is 0 Å². The summed E-state index contributed by atoms with van der Waals surface area (Å²) in [6, 6.07) is 0. The van der Waals surface area contributed by atoms with Gasteiger partial charge in [-0.05, 0) is 13.8 Å². The van der Waals surface area contributed by atoms with Crippen molar-refractivity contribution < 1.29 is 52.4 Å².